The highest BCUT2D eigenvalue weighted by atomic mass is 32.1. The molecule has 0 spiro atoms. The molecule has 6 heteroatoms. The summed E-state index contributed by atoms with van der Waals surface area (Å²) in [5, 5.41) is 5.81. The molecule has 1 heterocycles. The number of hydrogen-bond acceptors (Lipinski definition) is 5. The van der Waals surface area contributed by atoms with Gasteiger partial charge in [0, 0.05) is 24.0 Å². The molecule has 1 aromatic carbocycles. The topological polar surface area (TPSA) is 71.2 Å². The normalized spacial score (nSPS) is 11.0. The quantitative estimate of drug-likeness (QED) is 0.724. The largest absolute Gasteiger partial charge is 0.356 e. The first-order valence-corrected chi connectivity index (χ1v) is 8.61. The van der Waals surface area contributed by atoms with Crippen LogP contribution in [0.5, 0.6) is 0 Å². The van der Waals surface area contributed by atoms with Crippen molar-refractivity contribution in [2.75, 3.05) is 27.2 Å². The Morgan fingerprint density at radius 2 is 2.22 bits per heavy atom. The van der Waals surface area contributed by atoms with Crippen LogP contribution < -0.4 is 11.1 Å². The Bertz CT molecular complexity index is 639. The van der Waals surface area contributed by atoms with Gasteiger partial charge in [0.1, 0.15) is 5.01 Å². The van der Waals surface area contributed by atoms with Gasteiger partial charge in [-0.05, 0) is 38.7 Å². The molecule has 0 unspecified atom stereocenters. The van der Waals surface area contributed by atoms with E-state index in [9.17, 15) is 4.79 Å². The zero-order valence-corrected chi connectivity index (χ0v) is 14.5. The van der Waals surface area contributed by atoms with Gasteiger partial charge in [0.05, 0.1) is 12.1 Å². The Kier molecular flexibility index (Phi) is 6.70. The molecule has 0 atom stereocenters. The van der Waals surface area contributed by atoms with E-state index in [2.05, 4.69) is 15.2 Å². The fourth-order valence-corrected chi connectivity index (χ4v) is 3.02. The smallest absolute Gasteiger partial charge is 0.226 e. The number of nitrogens with one attached hydrogen (secondary N) is 1. The van der Waals surface area contributed by atoms with Gasteiger partial charge < -0.3 is 16.0 Å². The summed E-state index contributed by atoms with van der Waals surface area (Å²) in [6, 6.07) is 8.04. The van der Waals surface area contributed by atoms with Crippen LogP contribution in [-0.4, -0.2) is 43.0 Å². The number of hydrogen-bond donors (Lipinski definition) is 2. The van der Waals surface area contributed by atoms with Gasteiger partial charge in [0.15, 0.2) is 0 Å². The first-order chi connectivity index (χ1) is 11.1. The summed E-state index contributed by atoms with van der Waals surface area (Å²) in [4.78, 5) is 18.6. The standard InChI is InChI=1S/C17H24N4OS/c1-21(2)8-4-7-19-16(22)10-15-12-23-17(20-15)14-6-3-5-13(9-14)11-18/h3,5-6,9,12H,4,7-8,10-11,18H2,1-2H3,(H,19,22). The number of nitrogens with two attached hydrogens (primary N) is 1. The third-order valence-corrected chi connectivity index (χ3v) is 4.35. The highest BCUT2D eigenvalue weighted by Gasteiger charge is 2.09. The Labute approximate surface area is 141 Å². The molecule has 1 aromatic heterocycles. The van der Waals surface area contributed by atoms with Crippen LogP contribution in [0.4, 0.5) is 0 Å². The second kappa shape index (κ2) is 8.76. The van der Waals surface area contributed by atoms with E-state index in [1.54, 1.807) is 11.3 Å². The van der Waals surface area contributed by atoms with E-state index >= 15 is 0 Å². The van der Waals surface area contributed by atoms with E-state index in [4.69, 9.17) is 5.73 Å². The molecule has 0 saturated carbocycles. The van der Waals surface area contributed by atoms with Crippen LogP contribution in [0.1, 0.15) is 17.7 Å². The zero-order valence-electron chi connectivity index (χ0n) is 13.7. The predicted octanol–water partition coefficient (Wildman–Crippen LogP) is 1.88. The molecule has 5 nitrogen and oxygen atoms in total. The molecule has 0 bridgehead atoms. The fraction of sp³-hybridized carbons (Fsp3) is 0.412. The molecule has 0 aliphatic rings. The minimum atomic E-state index is 0.0244. The maximum Gasteiger partial charge on any atom is 0.226 e. The first kappa shape index (κ1) is 17.6. The fourth-order valence-electron chi connectivity index (χ4n) is 2.20. The summed E-state index contributed by atoms with van der Waals surface area (Å²) < 4.78 is 0. The summed E-state index contributed by atoms with van der Waals surface area (Å²) >= 11 is 1.56. The summed E-state index contributed by atoms with van der Waals surface area (Å²) in [5.41, 5.74) is 8.62. The number of carbonyl (C=O) groups excluding carboxylic acids is 1. The lowest BCUT2D eigenvalue weighted by Gasteiger charge is -2.09. The molecule has 0 radical (unpaired) electrons. The van der Waals surface area contributed by atoms with E-state index in [0.29, 0.717) is 19.5 Å². The third kappa shape index (κ3) is 5.74. The number of benzene rings is 1. The van der Waals surface area contributed by atoms with Crippen LogP contribution in [0.2, 0.25) is 0 Å². The molecule has 1 amide bonds. The lowest BCUT2D eigenvalue weighted by molar-refractivity contribution is -0.120. The molecule has 2 rings (SSSR count). The Balaban J connectivity index is 1.88. The molecule has 0 aliphatic heterocycles. The van der Waals surface area contributed by atoms with Crippen LogP contribution >= 0.6 is 11.3 Å². The third-order valence-electron chi connectivity index (χ3n) is 3.41. The second-order valence-corrected chi connectivity index (χ2v) is 6.59. The molecule has 3 N–H and O–H groups in total. The Morgan fingerprint density at radius 3 is 2.96 bits per heavy atom. The van der Waals surface area contributed by atoms with Crippen molar-refractivity contribution in [3.05, 3.63) is 40.9 Å². The zero-order chi connectivity index (χ0) is 16.7. The van der Waals surface area contributed by atoms with Gasteiger partial charge in [-0.3, -0.25) is 4.79 Å². The van der Waals surface area contributed by atoms with Crippen molar-refractivity contribution in [3.8, 4) is 10.6 Å². The summed E-state index contributed by atoms with van der Waals surface area (Å²) in [7, 11) is 4.05. The lowest BCUT2D eigenvalue weighted by atomic mass is 10.1. The van der Waals surface area contributed by atoms with E-state index in [1.807, 2.05) is 43.7 Å². The average molecular weight is 332 g/mol. The van der Waals surface area contributed by atoms with Crippen LogP contribution in [0.15, 0.2) is 29.6 Å². The van der Waals surface area contributed by atoms with E-state index in [-0.39, 0.29) is 5.91 Å². The number of nitrogens with zero attached hydrogens (tertiary/aromatic N) is 2. The molecule has 2 aromatic rings. The molecule has 0 saturated heterocycles. The molecule has 0 aliphatic carbocycles. The van der Waals surface area contributed by atoms with Crippen molar-refractivity contribution < 1.29 is 4.79 Å². The maximum absolute atomic E-state index is 11.9. The Morgan fingerprint density at radius 1 is 1.39 bits per heavy atom. The lowest BCUT2D eigenvalue weighted by Crippen LogP contribution is -2.28. The number of aromatic nitrogens is 1. The second-order valence-electron chi connectivity index (χ2n) is 5.73. The van der Waals surface area contributed by atoms with Gasteiger partial charge >= 0.3 is 0 Å². The number of rotatable bonds is 8. The van der Waals surface area contributed by atoms with Gasteiger partial charge in [0.2, 0.25) is 5.91 Å². The Hall–Kier alpha value is -1.76. The van der Waals surface area contributed by atoms with Crippen molar-refractivity contribution in [1.29, 1.82) is 0 Å². The van der Waals surface area contributed by atoms with Gasteiger partial charge in [-0.1, -0.05) is 18.2 Å². The van der Waals surface area contributed by atoms with Crippen molar-refractivity contribution in [2.24, 2.45) is 5.73 Å². The molecular weight excluding hydrogens is 308 g/mol. The monoisotopic (exact) mass is 332 g/mol. The highest BCUT2D eigenvalue weighted by Crippen LogP contribution is 2.24. The van der Waals surface area contributed by atoms with Crippen LogP contribution in [0.3, 0.4) is 0 Å². The first-order valence-electron chi connectivity index (χ1n) is 7.73. The van der Waals surface area contributed by atoms with Crippen LogP contribution in [-0.2, 0) is 17.8 Å². The van der Waals surface area contributed by atoms with Crippen molar-refractivity contribution in [3.63, 3.8) is 0 Å². The van der Waals surface area contributed by atoms with Crippen LogP contribution in [0.25, 0.3) is 10.6 Å². The van der Waals surface area contributed by atoms with E-state index in [0.717, 1.165) is 34.8 Å². The van der Waals surface area contributed by atoms with Crippen LogP contribution in [0, 0.1) is 0 Å². The van der Waals surface area contributed by atoms with Gasteiger partial charge in [-0.25, -0.2) is 4.98 Å². The average Bonchev–Trinajstić information content (AvgIpc) is 3.00. The SMILES string of the molecule is CN(C)CCCNC(=O)Cc1csc(-c2cccc(CN)c2)n1. The number of thiazole rings is 1. The highest BCUT2D eigenvalue weighted by molar-refractivity contribution is 7.13. The van der Waals surface area contributed by atoms with E-state index in [1.165, 1.54) is 0 Å². The number of carbonyl (C=O) groups is 1. The predicted molar refractivity (Wildman–Crippen MR) is 95.3 cm³/mol. The van der Waals surface area contributed by atoms with Crippen molar-refractivity contribution in [1.82, 2.24) is 15.2 Å². The van der Waals surface area contributed by atoms with Crippen molar-refractivity contribution >= 4 is 17.2 Å². The summed E-state index contributed by atoms with van der Waals surface area (Å²) in [6.07, 6.45) is 1.28. The molecular formula is C17H24N4OS. The van der Waals surface area contributed by atoms with Gasteiger partial charge in [0.25, 0.3) is 0 Å². The van der Waals surface area contributed by atoms with Gasteiger partial charge in [-0.2, -0.15) is 0 Å². The summed E-state index contributed by atoms with van der Waals surface area (Å²) in [6.45, 7) is 2.19. The van der Waals surface area contributed by atoms with E-state index < -0.39 is 0 Å². The van der Waals surface area contributed by atoms with Crippen molar-refractivity contribution in [2.45, 2.75) is 19.4 Å². The summed E-state index contributed by atoms with van der Waals surface area (Å²) in [5.74, 6) is 0.0244. The number of amides is 1. The minimum Gasteiger partial charge on any atom is -0.356 e. The minimum absolute atomic E-state index is 0.0244. The van der Waals surface area contributed by atoms with Gasteiger partial charge in [-0.15, -0.1) is 11.3 Å². The molecule has 124 valence electrons. The maximum atomic E-state index is 11.9. The molecule has 23 heavy (non-hydrogen) atoms. The molecule has 0 fully saturated rings.